The lowest BCUT2D eigenvalue weighted by atomic mass is 9.89. The number of fused-ring (bicyclic) bond motifs is 1. The van der Waals surface area contributed by atoms with Crippen molar-refractivity contribution in [1.29, 1.82) is 0 Å². The van der Waals surface area contributed by atoms with Gasteiger partial charge in [0.05, 0.1) is 14.2 Å². The minimum Gasteiger partial charge on any atom is -0.504 e. The van der Waals surface area contributed by atoms with E-state index < -0.39 is 24.0 Å². The number of phenols is 3. The normalized spacial score (nSPS) is 17.5. The number of hydrogen-bond donors (Lipinski definition) is 3. The third-order valence-electron chi connectivity index (χ3n) is 4.67. The predicted octanol–water partition coefficient (Wildman–Crippen LogP) is 2.30. The number of carbonyl (C=O) groups is 2. The van der Waals surface area contributed by atoms with Crippen LogP contribution in [0.25, 0.3) is 0 Å². The summed E-state index contributed by atoms with van der Waals surface area (Å²) in [4.78, 5) is 23.9. The monoisotopic (exact) mass is 388 g/mol. The van der Waals surface area contributed by atoms with Crippen molar-refractivity contribution < 1.29 is 39.1 Å². The van der Waals surface area contributed by atoms with Crippen LogP contribution in [0.3, 0.4) is 0 Å². The molecule has 0 spiro atoms. The first kappa shape index (κ1) is 19.3. The summed E-state index contributed by atoms with van der Waals surface area (Å²) in [6, 6.07) is 7.23. The van der Waals surface area contributed by atoms with E-state index in [0.29, 0.717) is 23.1 Å². The molecule has 2 unspecified atom stereocenters. The van der Waals surface area contributed by atoms with Crippen LogP contribution < -0.4 is 4.74 Å². The first-order valence-corrected chi connectivity index (χ1v) is 8.54. The Labute approximate surface area is 160 Å². The fourth-order valence-corrected chi connectivity index (χ4v) is 3.26. The molecule has 8 heteroatoms. The maximum atomic E-state index is 12.5. The number of methoxy groups -OCH3 is 2. The maximum absolute atomic E-state index is 12.5. The van der Waals surface area contributed by atoms with E-state index in [-0.39, 0.29) is 29.4 Å². The topological polar surface area (TPSA) is 123 Å². The molecule has 28 heavy (non-hydrogen) atoms. The molecule has 0 aromatic heterocycles. The molecule has 2 atom stereocenters. The van der Waals surface area contributed by atoms with Crippen molar-refractivity contribution in [2.24, 2.45) is 0 Å². The van der Waals surface area contributed by atoms with E-state index in [1.807, 2.05) is 0 Å². The average Bonchev–Trinajstić information content (AvgIpc) is 3.07. The highest BCUT2D eigenvalue weighted by Crippen LogP contribution is 2.51. The summed E-state index contributed by atoms with van der Waals surface area (Å²) in [5, 5.41) is 29.7. The van der Waals surface area contributed by atoms with Gasteiger partial charge < -0.3 is 29.5 Å². The molecule has 2 aromatic carbocycles. The maximum Gasteiger partial charge on any atom is 0.317 e. The van der Waals surface area contributed by atoms with Gasteiger partial charge in [0.25, 0.3) is 0 Å². The largest absolute Gasteiger partial charge is 0.504 e. The average molecular weight is 388 g/mol. The Morgan fingerprint density at radius 3 is 2.39 bits per heavy atom. The minimum absolute atomic E-state index is 0.119. The Bertz CT molecular complexity index is 921. The van der Waals surface area contributed by atoms with Gasteiger partial charge in [0.1, 0.15) is 12.0 Å². The van der Waals surface area contributed by atoms with Gasteiger partial charge in [-0.25, -0.2) is 0 Å². The Balaban J connectivity index is 2.01. The van der Waals surface area contributed by atoms with E-state index in [1.54, 1.807) is 6.07 Å². The Hall–Kier alpha value is -3.42. The van der Waals surface area contributed by atoms with Gasteiger partial charge in [-0.05, 0) is 35.7 Å². The summed E-state index contributed by atoms with van der Waals surface area (Å²) in [6.45, 7) is 0. The van der Waals surface area contributed by atoms with E-state index >= 15 is 0 Å². The highest BCUT2D eigenvalue weighted by atomic mass is 16.5. The second-order valence-electron chi connectivity index (χ2n) is 6.40. The fourth-order valence-electron chi connectivity index (χ4n) is 3.26. The highest BCUT2D eigenvalue weighted by molar-refractivity contribution is 5.82. The van der Waals surface area contributed by atoms with Gasteiger partial charge in [0.2, 0.25) is 0 Å². The molecule has 0 saturated heterocycles. The number of esters is 2. The van der Waals surface area contributed by atoms with Gasteiger partial charge in [-0.2, -0.15) is 0 Å². The van der Waals surface area contributed by atoms with Crippen LogP contribution in [-0.4, -0.2) is 41.5 Å². The van der Waals surface area contributed by atoms with Crippen molar-refractivity contribution in [2.45, 2.75) is 24.9 Å². The Kier molecular flexibility index (Phi) is 5.30. The predicted molar refractivity (Wildman–Crippen MR) is 96.3 cm³/mol. The second-order valence-corrected chi connectivity index (χ2v) is 6.40. The molecule has 1 aliphatic heterocycles. The zero-order valence-corrected chi connectivity index (χ0v) is 15.3. The van der Waals surface area contributed by atoms with E-state index in [0.717, 1.165) is 0 Å². The molecule has 8 nitrogen and oxygen atoms in total. The molecule has 2 aromatic rings. The quantitative estimate of drug-likeness (QED) is 0.527. The molecule has 0 fully saturated rings. The van der Waals surface area contributed by atoms with Crippen LogP contribution in [0.5, 0.6) is 23.0 Å². The minimum atomic E-state index is -0.895. The number of aromatic hydroxyl groups is 3. The lowest BCUT2D eigenvalue weighted by molar-refractivity contribution is -0.144. The number of phenolic OH excluding ortho intramolecular Hbond substituents is 3. The molecule has 0 amide bonds. The smallest absolute Gasteiger partial charge is 0.317 e. The first-order valence-electron chi connectivity index (χ1n) is 8.54. The molecule has 3 rings (SSSR count). The van der Waals surface area contributed by atoms with Crippen molar-refractivity contribution >= 4 is 11.9 Å². The number of ether oxygens (including phenoxy) is 3. The summed E-state index contributed by atoms with van der Waals surface area (Å²) in [6.07, 6.45) is -0.435. The second kappa shape index (κ2) is 7.67. The summed E-state index contributed by atoms with van der Waals surface area (Å²) >= 11 is 0. The van der Waals surface area contributed by atoms with Crippen molar-refractivity contribution in [3.63, 3.8) is 0 Å². The molecule has 0 saturated carbocycles. The van der Waals surface area contributed by atoms with Crippen molar-refractivity contribution in [3.05, 3.63) is 47.0 Å². The van der Waals surface area contributed by atoms with Crippen LogP contribution in [0, 0.1) is 0 Å². The summed E-state index contributed by atoms with van der Waals surface area (Å²) in [5.41, 5.74) is 1.48. The first-order chi connectivity index (χ1) is 13.3. The Morgan fingerprint density at radius 1 is 1.00 bits per heavy atom. The molecule has 148 valence electrons. The van der Waals surface area contributed by atoms with Crippen LogP contribution in [-0.2, 0) is 25.5 Å². The van der Waals surface area contributed by atoms with Crippen LogP contribution in [0.1, 0.15) is 35.1 Å². The lowest BCUT2D eigenvalue weighted by Crippen LogP contribution is -2.20. The van der Waals surface area contributed by atoms with E-state index in [9.17, 15) is 24.9 Å². The zero-order valence-electron chi connectivity index (χ0n) is 15.3. The lowest BCUT2D eigenvalue weighted by Gasteiger charge is -2.18. The molecule has 1 heterocycles. The van der Waals surface area contributed by atoms with Crippen LogP contribution in [0.2, 0.25) is 0 Å². The van der Waals surface area contributed by atoms with Gasteiger partial charge >= 0.3 is 11.9 Å². The molecule has 1 aliphatic rings. The molecule has 0 bridgehead atoms. The van der Waals surface area contributed by atoms with Gasteiger partial charge in [-0.3, -0.25) is 9.59 Å². The summed E-state index contributed by atoms with van der Waals surface area (Å²) in [5.74, 6) is -2.57. The standard InChI is InChI=1S/C20H20O8/c1-26-16(24)6-3-10-7-12-17(20(25)27-2)18(28-19(12)15(23)8-10)11-4-5-13(21)14(22)9-11/h4-5,7-9,17-18,21-23H,3,6H2,1-2H3. The molecule has 0 aliphatic carbocycles. The van der Waals surface area contributed by atoms with Crippen LogP contribution in [0.4, 0.5) is 0 Å². The SMILES string of the molecule is COC(=O)CCc1cc(O)c2c(c1)C(C(=O)OC)C(c1ccc(O)c(O)c1)O2. The van der Waals surface area contributed by atoms with E-state index in [1.165, 1.54) is 38.5 Å². The number of benzene rings is 2. The van der Waals surface area contributed by atoms with Crippen LogP contribution >= 0.6 is 0 Å². The zero-order chi connectivity index (χ0) is 20.4. The fraction of sp³-hybridized carbons (Fsp3) is 0.300. The van der Waals surface area contributed by atoms with E-state index in [2.05, 4.69) is 4.74 Å². The number of aryl methyl sites for hydroxylation is 1. The third-order valence-corrected chi connectivity index (χ3v) is 4.67. The highest BCUT2D eigenvalue weighted by Gasteiger charge is 2.43. The number of carbonyl (C=O) groups excluding carboxylic acids is 2. The molecular formula is C20H20O8. The molecule has 3 N–H and O–H groups in total. The van der Waals surface area contributed by atoms with E-state index in [4.69, 9.17) is 9.47 Å². The molecule has 0 radical (unpaired) electrons. The van der Waals surface area contributed by atoms with Gasteiger partial charge in [0.15, 0.2) is 23.0 Å². The van der Waals surface area contributed by atoms with Crippen molar-refractivity contribution in [3.8, 4) is 23.0 Å². The number of rotatable bonds is 5. The third kappa shape index (κ3) is 3.53. The molecular weight excluding hydrogens is 368 g/mol. The van der Waals surface area contributed by atoms with Gasteiger partial charge in [0, 0.05) is 12.0 Å². The Morgan fingerprint density at radius 2 is 1.75 bits per heavy atom. The van der Waals surface area contributed by atoms with Gasteiger partial charge in [-0.15, -0.1) is 0 Å². The van der Waals surface area contributed by atoms with Gasteiger partial charge in [-0.1, -0.05) is 12.1 Å². The summed E-state index contributed by atoms with van der Waals surface area (Å²) < 4.78 is 15.3. The van der Waals surface area contributed by atoms with Crippen LogP contribution in [0.15, 0.2) is 30.3 Å². The van der Waals surface area contributed by atoms with Crippen molar-refractivity contribution in [1.82, 2.24) is 0 Å². The number of hydrogen-bond acceptors (Lipinski definition) is 8. The van der Waals surface area contributed by atoms with Crippen molar-refractivity contribution in [2.75, 3.05) is 14.2 Å². The summed E-state index contributed by atoms with van der Waals surface area (Å²) in [7, 11) is 2.54.